The van der Waals surface area contributed by atoms with Crippen molar-refractivity contribution in [2.45, 2.75) is 44.2 Å². The van der Waals surface area contributed by atoms with E-state index in [4.69, 9.17) is 5.10 Å². The van der Waals surface area contributed by atoms with Crippen molar-refractivity contribution in [3.8, 4) is 0 Å². The van der Waals surface area contributed by atoms with Crippen molar-refractivity contribution >= 4 is 23.2 Å². The summed E-state index contributed by atoms with van der Waals surface area (Å²) in [5, 5.41) is 18.5. The number of nitrogens with one attached hydrogen (secondary N) is 1. The van der Waals surface area contributed by atoms with Crippen LogP contribution in [0.2, 0.25) is 0 Å². The van der Waals surface area contributed by atoms with E-state index in [2.05, 4.69) is 22.2 Å². The van der Waals surface area contributed by atoms with E-state index in [-0.39, 0.29) is 12.6 Å². The van der Waals surface area contributed by atoms with E-state index >= 15 is 0 Å². The number of nitrogens with zero attached hydrogens (tertiary/aromatic N) is 5. The van der Waals surface area contributed by atoms with E-state index in [1.807, 2.05) is 47.1 Å². The SMILES string of the molecule is CN1CCC[C@H](Nc2cc(N(Cc3ccccc3)C(=O)O)c3ncc(C4CC4)n3n2)C1. The minimum Gasteiger partial charge on any atom is -0.465 e. The molecule has 8 heteroatoms. The first-order chi connectivity index (χ1) is 15.1. The van der Waals surface area contributed by atoms with Crippen LogP contribution in [-0.2, 0) is 6.54 Å². The fraction of sp³-hybridized carbons (Fsp3) is 0.435. The number of piperidine rings is 1. The van der Waals surface area contributed by atoms with Crippen molar-refractivity contribution in [2.75, 3.05) is 30.4 Å². The first-order valence-corrected chi connectivity index (χ1v) is 11.0. The summed E-state index contributed by atoms with van der Waals surface area (Å²) < 4.78 is 1.85. The van der Waals surface area contributed by atoms with Gasteiger partial charge in [0.15, 0.2) is 5.65 Å². The molecule has 3 aromatic rings. The molecule has 0 spiro atoms. The van der Waals surface area contributed by atoms with E-state index in [1.54, 1.807) is 0 Å². The highest BCUT2D eigenvalue weighted by Crippen LogP contribution is 2.41. The Hall–Kier alpha value is -3.13. The molecule has 5 rings (SSSR count). The minimum atomic E-state index is -1.00. The average molecular weight is 421 g/mol. The summed E-state index contributed by atoms with van der Waals surface area (Å²) in [5.41, 5.74) is 3.14. The third kappa shape index (κ3) is 4.20. The lowest BCUT2D eigenvalue weighted by Crippen LogP contribution is -2.40. The molecule has 1 saturated heterocycles. The van der Waals surface area contributed by atoms with Crippen molar-refractivity contribution < 1.29 is 9.90 Å². The van der Waals surface area contributed by atoms with Crippen LogP contribution in [0.4, 0.5) is 16.3 Å². The van der Waals surface area contributed by atoms with Crippen molar-refractivity contribution in [3.05, 3.63) is 53.9 Å². The summed E-state index contributed by atoms with van der Waals surface area (Å²) in [5.74, 6) is 1.15. The van der Waals surface area contributed by atoms with Gasteiger partial charge in [-0.25, -0.2) is 14.3 Å². The van der Waals surface area contributed by atoms with Gasteiger partial charge in [0, 0.05) is 24.6 Å². The number of hydrogen-bond acceptors (Lipinski definition) is 5. The summed E-state index contributed by atoms with van der Waals surface area (Å²) in [4.78, 5) is 20.6. The summed E-state index contributed by atoms with van der Waals surface area (Å²) in [6, 6.07) is 11.8. The second-order valence-electron chi connectivity index (χ2n) is 8.71. The molecule has 0 unspecified atom stereocenters. The van der Waals surface area contributed by atoms with Crippen LogP contribution < -0.4 is 10.2 Å². The van der Waals surface area contributed by atoms with Crippen molar-refractivity contribution in [1.29, 1.82) is 0 Å². The highest BCUT2D eigenvalue weighted by atomic mass is 16.4. The standard InChI is InChI=1S/C23H28N6O2/c1-27-11-5-8-18(15-27)25-21-12-19(22-24-13-20(17-9-10-17)29(22)26-21)28(23(30)31)14-16-6-3-2-4-7-16/h2-4,6-7,12-13,17-18H,5,8-11,14-15H2,1H3,(H,25,26)(H,30,31)/t18-/m0/s1. The maximum absolute atomic E-state index is 12.3. The maximum Gasteiger partial charge on any atom is 0.412 e. The maximum atomic E-state index is 12.3. The van der Waals surface area contributed by atoms with Gasteiger partial charge in [-0.15, -0.1) is 5.10 Å². The molecule has 2 aliphatic rings. The van der Waals surface area contributed by atoms with Crippen LogP contribution in [-0.4, -0.2) is 56.9 Å². The Morgan fingerprint density at radius 3 is 2.77 bits per heavy atom. The smallest absolute Gasteiger partial charge is 0.412 e. The molecule has 2 aromatic heterocycles. The number of fused-ring (bicyclic) bond motifs is 1. The molecule has 1 aliphatic carbocycles. The monoisotopic (exact) mass is 420 g/mol. The minimum absolute atomic E-state index is 0.257. The number of amides is 1. The zero-order chi connectivity index (χ0) is 21.4. The molecular weight excluding hydrogens is 392 g/mol. The normalized spacial score (nSPS) is 19.5. The Morgan fingerprint density at radius 2 is 2.06 bits per heavy atom. The Labute approximate surface area is 181 Å². The average Bonchev–Trinajstić information content (AvgIpc) is 3.51. The highest BCUT2D eigenvalue weighted by molar-refractivity contribution is 5.91. The molecule has 0 bridgehead atoms. The zero-order valence-corrected chi connectivity index (χ0v) is 17.7. The number of carbonyl (C=O) groups is 1. The molecule has 1 amide bonds. The molecule has 1 atom stereocenters. The second-order valence-corrected chi connectivity index (χ2v) is 8.71. The molecule has 1 saturated carbocycles. The second kappa shape index (κ2) is 8.19. The van der Waals surface area contributed by atoms with E-state index in [1.165, 1.54) is 4.90 Å². The Balaban J connectivity index is 1.55. The van der Waals surface area contributed by atoms with Gasteiger partial charge in [-0.2, -0.15) is 0 Å². The Morgan fingerprint density at radius 1 is 1.26 bits per heavy atom. The van der Waals surface area contributed by atoms with Crippen molar-refractivity contribution in [1.82, 2.24) is 19.5 Å². The fourth-order valence-corrected chi connectivity index (χ4v) is 4.41. The van der Waals surface area contributed by atoms with Crippen molar-refractivity contribution in [2.24, 2.45) is 0 Å². The van der Waals surface area contributed by atoms with E-state index < -0.39 is 6.09 Å². The third-order valence-corrected chi connectivity index (χ3v) is 6.15. The summed E-state index contributed by atoms with van der Waals surface area (Å²) >= 11 is 0. The van der Waals surface area contributed by atoms with Gasteiger partial charge < -0.3 is 15.3 Å². The third-order valence-electron chi connectivity index (χ3n) is 6.15. The van der Waals surface area contributed by atoms with E-state index in [0.717, 1.165) is 50.0 Å². The van der Waals surface area contributed by atoms with Gasteiger partial charge in [0.1, 0.15) is 5.82 Å². The number of imidazole rings is 1. The van der Waals surface area contributed by atoms with Gasteiger partial charge in [-0.3, -0.25) is 4.90 Å². The van der Waals surface area contributed by atoms with Crippen LogP contribution in [0.25, 0.3) is 5.65 Å². The molecule has 1 aliphatic heterocycles. The number of aromatic nitrogens is 3. The van der Waals surface area contributed by atoms with Crippen LogP contribution in [0.1, 0.15) is 42.9 Å². The topological polar surface area (TPSA) is 86.0 Å². The number of hydrogen-bond donors (Lipinski definition) is 2. The lowest BCUT2D eigenvalue weighted by molar-refractivity contribution is 0.201. The molecule has 162 valence electrons. The van der Waals surface area contributed by atoms with Gasteiger partial charge in [-0.05, 0) is 44.8 Å². The lowest BCUT2D eigenvalue weighted by Gasteiger charge is -2.30. The van der Waals surface area contributed by atoms with E-state index in [9.17, 15) is 9.90 Å². The Kier molecular flexibility index (Phi) is 5.23. The Bertz CT molecular complexity index is 1080. The first-order valence-electron chi connectivity index (χ1n) is 11.0. The number of anilines is 2. The molecule has 3 heterocycles. The lowest BCUT2D eigenvalue weighted by atomic mass is 10.1. The van der Waals surface area contributed by atoms with Crippen molar-refractivity contribution in [3.63, 3.8) is 0 Å². The molecule has 1 aromatic carbocycles. The summed E-state index contributed by atoms with van der Waals surface area (Å²) in [6.45, 7) is 2.31. The molecular formula is C23H28N6O2. The molecule has 0 radical (unpaired) electrons. The largest absolute Gasteiger partial charge is 0.465 e. The van der Waals surface area contributed by atoms with E-state index in [0.29, 0.717) is 23.1 Å². The quantitative estimate of drug-likeness (QED) is 0.631. The predicted molar refractivity (Wildman–Crippen MR) is 120 cm³/mol. The fourth-order valence-electron chi connectivity index (χ4n) is 4.41. The van der Waals surface area contributed by atoms with Crippen LogP contribution in [0.15, 0.2) is 42.6 Å². The number of benzene rings is 1. The van der Waals surface area contributed by atoms with Gasteiger partial charge in [0.05, 0.1) is 24.1 Å². The number of likely N-dealkylation sites (tertiary alicyclic amines) is 1. The molecule has 31 heavy (non-hydrogen) atoms. The molecule has 8 nitrogen and oxygen atoms in total. The zero-order valence-electron chi connectivity index (χ0n) is 17.7. The van der Waals surface area contributed by atoms with Gasteiger partial charge >= 0.3 is 6.09 Å². The number of rotatable bonds is 6. The number of carboxylic acid groups (broad SMARTS) is 1. The van der Waals surface area contributed by atoms with Gasteiger partial charge in [-0.1, -0.05) is 30.3 Å². The predicted octanol–water partition coefficient (Wildman–Crippen LogP) is 3.80. The number of likely N-dealkylation sites (N-methyl/N-ethyl adjacent to an activating group) is 1. The summed E-state index contributed by atoms with van der Waals surface area (Å²) in [7, 11) is 2.13. The molecule has 2 fully saturated rings. The summed E-state index contributed by atoms with van der Waals surface area (Å²) in [6.07, 6.45) is 5.31. The van der Waals surface area contributed by atoms with Crippen LogP contribution in [0.3, 0.4) is 0 Å². The van der Waals surface area contributed by atoms with Gasteiger partial charge in [0.25, 0.3) is 0 Å². The van der Waals surface area contributed by atoms with Crippen LogP contribution >= 0.6 is 0 Å². The highest BCUT2D eigenvalue weighted by Gasteiger charge is 2.30. The molecule has 2 N–H and O–H groups in total. The first kappa shape index (κ1) is 19.8. The van der Waals surface area contributed by atoms with Crippen LogP contribution in [0.5, 0.6) is 0 Å². The van der Waals surface area contributed by atoms with Crippen LogP contribution in [0, 0.1) is 0 Å². The van der Waals surface area contributed by atoms with Gasteiger partial charge in [0.2, 0.25) is 0 Å².